The Morgan fingerprint density at radius 3 is 2.81 bits per heavy atom. The van der Waals surface area contributed by atoms with Gasteiger partial charge in [-0.15, -0.1) is 16.8 Å². The van der Waals surface area contributed by atoms with Crippen molar-refractivity contribution in [2.45, 2.75) is 23.9 Å². The number of carbonyl (C=O) groups is 1. The summed E-state index contributed by atoms with van der Waals surface area (Å²) in [6.45, 7) is 6.08. The number of nitrogens with zero attached hydrogens (tertiary/aromatic N) is 4. The number of thioether (sulfide) groups is 1. The lowest BCUT2D eigenvalue weighted by molar-refractivity contribution is -0.139. The van der Waals surface area contributed by atoms with E-state index in [0.29, 0.717) is 11.7 Å². The Bertz CT molecular complexity index is 627. The second kappa shape index (κ2) is 7.03. The first-order chi connectivity index (χ1) is 10.2. The second-order valence-electron chi connectivity index (χ2n) is 4.22. The first-order valence-electron chi connectivity index (χ1n) is 6.36. The number of allylic oxidation sites excluding steroid dienone is 1. The molecule has 0 aliphatic carbocycles. The van der Waals surface area contributed by atoms with Crippen LogP contribution < -0.4 is 0 Å². The average molecular weight is 304 g/mol. The van der Waals surface area contributed by atoms with E-state index in [1.165, 1.54) is 18.9 Å². The molecule has 0 amide bonds. The van der Waals surface area contributed by atoms with Crippen LogP contribution in [0.4, 0.5) is 0 Å². The minimum Gasteiger partial charge on any atom is -0.468 e. The second-order valence-corrected chi connectivity index (χ2v) is 5.53. The molecule has 1 atom stereocenters. The van der Waals surface area contributed by atoms with Gasteiger partial charge < -0.3 is 4.74 Å². The largest absolute Gasteiger partial charge is 0.468 e. The predicted molar refractivity (Wildman–Crippen MR) is 80.8 cm³/mol. The average Bonchev–Trinajstić information content (AvgIpc) is 2.90. The third kappa shape index (κ3) is 3.49. The van der Waals surface area contributed by atoms with Gasteiger partial charge in [0.2, 0.25) is 0 Å². The van der Waals surface area contributed by atoms with Crippen molar-refractivity contribution in [1.29, 1.82) is 0 Å². The minimum absolute atomic E-state index is 0.293. The zero-order valence-electron chi connectivity index (χ0n) is 11.9. The monoisotopic (exact) mass is 304 g/mol. The fraction of sp³-hybridized carbons (Fsp3) is 0.286. The molecule has 110 valence electrons. The normalized spacial score (nSPS) is 11.9. The van der Waals surface area contributed by atoms with Gasteiger partial charge >= 0.3 is 5.97 Å². The summed E-state index contributed by atoms with van der Waals surface area (Å²) in [5.41, 5.74) is 0.914. The van der Waals surface area contributed by atoms with Crippen LogP contribution >= 0.6 is 11.8 Å². The molecular weight excluding hydrogens is 288 g/mol. The van der Waals surface area contributed by atoms with Crippen LogP contribution in [0.25, 0.3) is 11.4 Å². The first kappa shape index (κ1) is 15.2. The van der Waals surface area contributed by atoms with Crippen LogP contribution in [0.5, 0.6) is 0 Å². The van der Waals surface area contributed by atoms with Gasteiger partial charge in [-0.25, -0.2) is 0 Å². The van der Waals surface area contributed by atoms with Crippen molar-refractivity contribution in [2.75, 3.05) is 7.11 Å². The molecule has 0 spiro atoms. The summed E-state index contributed by atoms with van der Waals surface area (Å²) in [5, 5.41) is 8.67. The fourth-order valence-electron chi connectivity index (χ4n) is 1.76. The maximum absolute atomic E-state index is 11.5. The molecule has 0 aromatic carbocycles. The van der Waals surface area contributed by atoms with Crippen LogP contribution in [0.1, 0.15) is 6.92 Å². The number of hydrogen-bond donors (Lipinski definition) is 0. The van der Waals surface area contributed by atoms with Gasteiger partial charge in [-0.1, -0.05) is 17.8 Å². The number of hydrogen-bond acceptors (Lipinski definition) is 6. The van der Waals surface area contributed by atoms with E-state index in [9.17, 15) is 4.79 Å². The van der Waals surface area contributed by atoms with E-state index in [0.717, 1.165) is 11.4 Å². The van der Waals surface area contributed by atoms with Gasteiger partial charge in [0, 0.05) is 24.5 Å². The Labute approximate surface area is 127 Å². The van der Waals surface area contributed by atoms with E-state index in [1.807, 2.05) is 16.7 Å². The van der Waals surface area contributed by atoms with E-state index < -0.39 is 0 Å². The van der Waals surface area contributed by atoms with Crippen LogP contribution in [0.15, 0.2) is 42.3 Å². The maximum Gasteiger partial charge on any atom is 0.318 e. The molecule has 6 nitrogen and oxygen atoms in total. The van der Waals surface area contributed by atoms with Gasteiger partial charge in [-0.2, -0.15) is 0 Å². The number of ether oxygens (including phenoxy) is 1. The number of aromatic nitrogens is 4. The Morgan fingerprint density at radius 2 is 2.19 bits per heavy atom. The highest BCUT2D eigenvalue weighted by Gasteiger charge is 2.20. The van der Waals surface area contributed by atoms with Gasteiger partial charge in [0.05, 0.1) is 7.11 Å². The van der Waals surface area contributed by atoms with E-state index in [-0.39, 0.29) is 11.2 Å². The predicted octanol–water partition coefficient (Wildman–Crippen LogP) is 2.18. The highest BCUT2D eigenvalue weighted by Crippen LogP contribution is 2.26. The Kier molecular flexibility index (Phi) is 5.10. The molecule has 2 aromatic heterocycles. The smallest absolute Gasteiger partial charge is 0.318 e. The minimum atomic E-state index is -0.354. The Balaban J connectivity index is 2.33. The van der Waals surface area contributed by atoms with Crippen molar-refractivity contribution in [2.24, 2.45) is 0 Å². The van der Waals surface area contributed by atoms with Crippen LogP contribution in [-0.4, -0.2) is 38.1 Å². The summed E-state index contributed by atoms with van der Waals surface area (Å²) >= 11 is 1.31. The zero-order valence-corrected chi connectivity index (χ0v) is 12.7. The van der Waals surface area contributed by atoms with Crippen molar-refractivity contribution in [1.82, 2.24) is 19.7 Å². The quantitative estimate of drug-likeness (QED) is 0.463. The molecular formula is C14H16N4O2S. The van der Waals surface area contributed by atoms with Crippen LogP contribution in [0.3, 0.4) is 0 Å². The summed E-state index contributed by atoms with van der Waals surface area (Å²) in [6.07, 6.45) is 5.17. The molecule has 0 fully saturated rings. The molecule has 0 aliphatic heterocycles. The lowest BCUT2D eigenvalue weighted by Gasteiger charge is -2.10. The highest BCUT2D eigenvalue weighted by molar-refractivity contribution is 8.00. The lowest BCUT2D eigenvalue weighted by Crippen LogP contribution is -2.15. The highest BCUT2D eigenvalue weighted by atomic mass is 32.2. The number of rotatable bonds is 6. The van der Waals surface area contributed by atoms with E-state index in [2.05, 4.69) is 21.8 Å². The maximum atomic E-state index is 11.5. The molecule has 2 heterocycles. The molecule has 21 heavy (non-hydrogen) atoms. The molecule has 0 aliphatic rings. The van der Waals surface area contributed by atoms with E-state index >= 15 is 0 Å². The molecule has 1 unspecified atom stereocenters. The molecule has 0 radical (unpaired) electrons. The Morgan fingerprint density at radius 1 is 1.48 bits per heavy atom. The van der Waals surface area contributed by atoms with E-state index in [1.54, 1.807) is 25.4 Å². The van der Waals surface area contributed by atoms with Gasteiger partial charge in [0.1, 0.15) is 5.25 Å². The SMILES string of the molecule is C=CCn1c(SC(C)C(=O)OC)nnc1-c1ccncc1. The van der Waals surface area contributed by atoms with Gasteiger partial charge in [-0.3, -0.25) is 14.3 Å². The third-order valence-electron chi connectivity index (χ3n) is 2.78. The van der Waals surface area contributed by atoms with Crippen molar-refractivity contribution >= 4 is 17.7 Å². The molecule has 0 bridgehead atoms. The standard InChI is InChI=1S/C14H16N4O2S/c1-4-9-18-12(11-5-7-15-8-6-11)16-17-14(18)21-10(2)13(19)20-3/h4-8,10H,1,9H2,2-3H3. The topological polar surface area (TPSA) is 69.9 Å². The third-order valence-corrected chi connectivity index (χ3v) is 3.84. The number of methoxy groups -OCH3 is 1. The van der Waals surface area contributed by atoms with Crippen molar-refractivity contribution < 1.29 is 9.53 Å². The zero-order chi connectivity index (χ0) is 15.2. The molecule has 0 N–H and O–H groups in total. The first-order valence-corrected chi connectivity index (χ1v) is 7.24. The lowest BCUT2D eigenvalue weighted by atomic mass is 10.2. The molecule has 2 rings (SSSR count). The van der Waals surface area contributed by atoms with Gasteiger partial charge in [-0.05, 0) is 19.1 Å². The Hall–Kier alpha value is -2.15. The van der Waals surface area contributed by atoms with Crippen LogP contribution in [0.2, 0.25) is 0 Å². The van der Waals surface area contributed by atoms with Crippen LogP contribution in [0, 0.1) is 0 Å². The summed E-state index contributed by atoms with van der Waals surface area (Å²) < 4.78 is 6.64. The van der Waals surface area contributed by atoms with Crippen molar-refractivity contribution in [3.05, 3.63) is 37.2 Å². The van der Waals surface area contributed by atoms with Crippen LogP contribution in [-0.2, 0) is 16.1 Å². The number of carbonyl (C=O) groups excluding carboxylic acids is 1. The molecule has 2 aromatic rings. The van der Waals surface area contributed by atoms with E-state index in [4.69, 9.17) is 4.74 Å². The summed E-state index contributed by atoms with van der Waals surface area (Å²) in [6, 6.07) is 3.73. The summed E-state index contributed by atoms with van der Waals surface area (Å²) in [4.78, 5) is 15.5. The van der Waals surface area contributed by atoms with Crippen molar-refractivity contribution in [3.63, 3.8) is 0 Å². The molecule has 7 heteroatoms. The number of pyridine rings is 1. The summed E-state index contributed by atoms with van der Waals surface area (Å²) in [5.74, 6) is 0.426. The molecule has 0 saturated heterocycles. The molecule has 0 saturated carbocycles. The number of esters is 1. The van der Waals surface area contributed by atoms with Gasteiger partial charge in [0.25, 0.3) is 0 Å². The fourth-order valence-corrected chi connectivity index (χ4v) is 2.64. The van der Waals surface area contributed by atoms with Gasteiger partial charge in [0.15, 0.2) is 11.0 Å². The summed E-state index contributed by atoms with van der Waals surface area (Å²) in [7, 11) is 1.37. The van der Waals surface area contributed by atoms with Crippen molar-refractivity contribution in [3.8, 4) is 11.4 Å².